The molecule has 0 aliphatic heterocycles. The average molecular weight is 270 g/mol. The summed E-state index contributed by atoms with van der Waals surface area (Å²) in [5.74, 6) is -0.408. The van der Waals surface area contributed by atoms with E-state index >= 15 is 0 Å². The minimum atomic E-state index is -5.45. The fraction of sp³-hybridized carbons (Fsp3) is 0.600. The fourth-order valence-corrected chi connectivity index (χ4v) is 1.36. The summed E-state index contributed by atoms with van der Waals surface area (Å²) in [4.78, 5) is 0. The Morgan fingerprint density at radius 3 is 1.88 bits per heavy atom. The molecule has 0 heterocycles. The lowest BCUT2D eigenvalue weighted by Gasteiger charge is -2.16. The highest BCUT2D eigenvalue weighted by molar-refractivity contribution is 7.47. The molecule has 0 N–H and O–H groups in total. The maximum absolute atomic E-state index is 12.1. The van der Waals surface area contributed by atoms with Crippen molar-refractivity contribution in [3.05, 3.63) is 25.3 Å². The summed E-state index contributed by atoms with van der Waals surface area (Å²) in [6, 6.07) is 0. The zero-order chi connectivity index (χ0) is 13.1. The van der Waals surface area contributed by atoms with Crippen LogP contribution in [0.15, 0.2) is 25.3 Å². The first kappa shape index (κ1) is 16.4. The van der Waals surface area contributed by atoms with Crippen LogP contribution in [-0.4, -0.2) is 33.0 Å². The first-order valence-corrected chi connectivity index (χ1v) is 6.41. The van der Waals surface area contributed by atoms with Gasteiger partial charge in [-0.2, -0.15) is 0 Å². The molecular formula is C10H17F2O4P. The van der Waals surface area contributed by atoms with Crippen molar-refractivity contribution in [2.45, 2.75) is 0 Å². The normalized spacial score (nSPS) is 11.7. The molecule has 0 aliphatic carbocycles. The molecule has 0 atom stereocenters. The van der Waals surface area contributed by atoms with Gasteiger partial charge >= 0.3 is 7.99 Å². The van der Waals surface area contributed by atoms with E-state index in [0.29, 0.717) is 13.2 Å². The van der Waals surface area contributed by atoms with Crippen LogP contribution in [0.5, 0.6) is 0 Å². The maximum atomic E-state index is 12.1. The molecule has 0 bridgehead atoms. The quantitative estimate of drug-likeness (QED) is 0.329. The zero-order valence-corrected chi connectivity index (χ0v) is 10.4. The van der Waals surface area contributed by atoms with Crippen molar-refractivity contribution in [1.29, 1.82) is 0 Å². The van der Waals surface area contributed by atoms with Crippen LogP contribution in [0.3, 0.4) is 0 Å². The van der Waals surface area contributed by atoms with Crippen LogP contribution in [0, 0.1) is 5.92 Å². The van der Waals surface area contributed by atoms with Crippen LogP contribution in [0.25, 0.3) is 0 Å². The molecule has 0 aromatic heterocycles. The monoisotopic (exact) mass is 270 g/mol. The van der Waals surface area contributed by atoms with E-state index in [2.05, 4.69) is 17.7 Å². The second-order valence-corrected chi connectivity index (χ2v) is 4.32. The van der Waals surface area contributed by atoms with Gasteiger partial charge in [0.2, 0.25) is 0 Å². The van der Waals surface area contributed by atoms with Crippen molar-refractivity contribution < 1.29 is 27.0 Å². The lowest BCUT2D eigenvalue weighted by Crippen LogP contribution is -2.21. The lowest BCUT2D eigenvalue weighted by molar-refractivity contribution is 0.0341. The largest absolute Gasteiger partial charge is 0.551 e. The van der Waals surface area contributed by atoms with E-state index in [4.69, 9.17) is 9.47 Å². The Balaban J connectivity index is 3.95. The fourth-order valence-electron chi connectivity index (χ4n) is 0.973. The molecule has 0 aromatic rings. The number of ether oxygens (including phenoxy) is 2. The standard InChI is InChI=1S/C10H17F2O4P/c1-3-5-14-7-10(8-15-6-4-2)9-16-17(11,12)13/h3-4,10H,1-2,5-9H2. The number of rotatable bonds is 11. The lowest BCUT2D eigenvalue weighted by atomic mass is 10.2. The maximum Gasteiger partial charge on any atom is 0.551 e. The van der Waals surface area contributed by atoms with Gasteiger partial charge in [0, 0.05) is 5.92 Å². The Bertz CT molecular complexity index is 253. The highest BCUT2D eigenvalue weighted by atomic mass is 31.2. The summed E-state index contributed by atoms with van der Waals surface area (Å²) < 4.78 is 48.4. The summed E-state index contributed by atoms with van der Waals surface area (Å²) in [7, 11) is -5.45. The molecule has 7 heteroatoms. The van der Waals surface area contributed by atoms with Gasteiger partial charge in [-0.25, -0.2) is 4.57 Å². The van der Waals surface area contributed by atoms with Crippen LogP contribution in [-0.2, 0) is 18.6 Å². The van der Waals surface area contributed by atoms with Gasteiger partial charge in [0.15, 0.2) is 0 Å². The van der Waals surface area contributed by atoms with Gasteiger partial charge < -0.3 is 9.47 Å². The molecule has 0 aromatic carbocycles. The second kappa shape index (κ2) is 9.48. The van der Waals surface area contributed by atoms with Crippen molar-refractivity contribution in [3.8, 4) is 0 Å². The van der Waals surface area contributed by atoms with Gasteiger partial charge in [0.25, 0.3) is 0 Å². The van der Waals surface area contributed by atoms with Gasteiger partial charge in [0.1, 0.15) is 0 Å². The Morgan fingerprint density at radius 1 is 1.06 bits per heavy atom. The van der Waals surface area contributed by atoms with E-state index in [1.807, 2.05) is 0 Å². The third-order valence-electron chi connectivity index (χ3n) is 1.64. The van der Waals surface area contributed by atoms with Crippen LogP contribution < -0.4 is 0 Å². The molecule has 0 rings (SSSR count). The van der Waals surface area contributed by atoms with Crippen LogP contribution in [0.2, 0.25) is 0 Å². The minimum Gasteiger partial charge on any atom is -0.377 e. The van der Waals surface area contributed by atoms with E-state index < -0.39 is 13.9 Å². The Labute approximate surface area is 99.9 Å². The Hall–Kier alpha value is -0.550. The van der Waals surface area contributed by atoms with Gasteiger partial charge in [-0.1, -0.05) is 12.2 Å². The van der Waals surface area contributed by atoms with E-state index in [-0.39, 0.29) is 19.8 Å². The van der Waals surface area contributed by atoms with Gasteiger partial charge in [-0.15, -0.1) is 21.6 Å². The molecule has 0 radical (unpaired) electrons. The van der Waals surface area contributed by atoms with Crippen molar-refractivity contribution in [1.82, 2.24) is 0 Å². The molecular weight excluding hydrogens is 253 g/mol. The van der Waals surface area contributed by atoms with Gasteiger partial charge in [-0.3, -0.25) is 4.52 Å². The molecule has 0 saturated carbocycles. The zero-order valence-electron chi connectivity index (χ0n) is 9.52. The topological polar surface area (TPSA) is 44.8 Å². The van der Waals surface area contributed by atoms with Crippen LogP contribution >= 0.6 is 7.99 Å². The van der Waals surface area contributed by atoms with Gasteiger partial charge in [0.05, 0.1) is 33.0 Å². The van der Waals surface area contributed by atoms with Crippen molar-refractivity contribution in [2.75, 3.05) is 33.0 Å². The van der Waals surface area contributed by atoms with Crippen LogP contribution in [0.1, 0.15) is 0 Å². The van der Waals surface area contributed by atoms with Gasteiger partial charge in [-0.05, 0) is 0 Å². The second-order valence-electron chi connectivity index (χ2n) is 3.23. The van der Waals surface area contributed by atoms with E-state index in [1.54, 1.807) is 0 Å². The first-order chi connectivity index (χ1) is 7.99. The molecule has 0 saturated heterocycles. The number of hydrogen-bond donors (Lipinski definition) is 0. The Morgan fingerprint density at radius 2 is 1.53 bits per heavy atom. The predicted octanol–water partition coefficient (Wildman–Crippen LogP) is 3.07. The molecule has 0 amide bonds. The molecule has 0 aliphatic rings. The molecule has 0 fully saturated rings. The smallest absolute Gasteiger partial charge is 0.377 e. The molecule has 100 valence electrons. The number of halogens is 2. The average Bonchev–Trinajstić information content (AvgIpc) is 2.24. The van der Waals surface area contributed by atoms with E-state index in [1.165, 1.54) is 12.2 Å². The predicted molar refractivity (Wildman–Crippen MR) is 61.3 cm³/mol. The summed E-state index contributed by atoms with van der Waals surface area (Å²) >= 11 is 0. The molecule has 4 nitrogen and oxygen atoms in total. The van der Waals surface area contributed by atoms with Crippen molar-refractivity contribution >= 4 is 7.99 Å². The summed E-state index contributed by atoms with van der Waals surface area (Å²) in [5, 5.41) is 0. The van der Waals surface area contributed by atoms with Crippen LogP contribution in [0.4, 0.5) is 8.39 Å². The Kier molecular flexibility index (Phi) is 9.17. The summed E-state index contributed by atoms with van der Waals surface area (Å²) in [6.45, 7) is 7.48. The van der Waals surface area contributed by atoms with Crippen molar-refractivity contribution in [3.63, 3.8) is 0 Å². The summed E-state index contributed by atoms with van der Waals surface area (Å²) in [6.07, 6.45) is 3.08. The molecule has 0 unspecified atom stereocenters. The summed E-state index contributed by atoms with van der Waals surface area (Å²) in [5.41, 5.74) is 0. The first-order valence-electron chi connectivity index (χ1n) is 5.00. The highest BCUT2D eigenvalue weighted by Crippen LogP contribution is 2.50. The SMILES string of the molecule is C=CCOCC(COCC=C)COP(=O)(F)F. The van der Waals surface area contributed by atoms with E-state index in [0.717, 1.165) is 0 Å². The minimum absolute atomic E-state index is 0.170. The number of hydrogen-bond acceptors (Lipinski definition) is 4. The van der Waals surface area contributed by atoms with Crippen molar-refractivity contribution in [2.24, 2.45) is 5.92 Å². The third-order valence-corrected chi connectivity index (χ3v) is 2.09. The van der Waals surface area contributed by atoms with E-state index in [9.17, 15) is 13.0 Å². The third kappa shape index (κ3) is 11.7. The molecule has 17 heavy (non-hydrogen) atoms. The molecule has 0 spiro atoms. The highest BCUT2D eigenvalue weighted by Gasteiger charge is 2.23.